The van der Waals surface area contributed by atoms with Gasteiger partial charge < -0.3 is 9.62 Å². The van der Waals surface area contributed by atoms with Crippen LogP contribution in [0.1, 0.15) is 28.9 Å². The molecule has 4 rings (SSSR count). The van der Waals surface area contributed by atoms with Gasteiger partial charge in [-0.05, 0) is 55.0 Å². The van der Waals surface area contributed by atoms with E-state index in [1.54, 1.807) is 60.2 Å². The number of hydrogen-bond donors (Lipinski definition) is 2. The van der Waals surface area contributed by atoms with Gasteiger partial charge in [0.15, 0.2) is 0 Å². The van der Waals surface area contributed by atoms with Gasteiger partial charge in [-0.1, -0.05) is 28.1 Å². The monoisotopic (exact) mass is 550 g/mol. The molecule has 172 valence electrons. The SMILES string of the molecule is CC(c1ccc(F)cc1)N(C)C(=O)c1ccc(Br)cc1NS(=O)(=O)C1=CC=CN2SNC=C12. The summed E-state index contributed by atoms with van der Waals surface area (Å²) in [6.45, 7) is 1.82. The highest BCUT2D eigenvalue weighted by molar-refractivity contribution is 9.10. The molecule has 0 aromatic heterocycles. The van der Waals surface area contributed by atoms with Gasteiger partial charge in [0.2, 0.25) is 0 Å². The average Bonchev–Trinajstić information content (AvgIpc) is 3.27. The van der Waals surface area contributed by atoms with Crippen LogP contribution < -0.4 is 9.44 Å². The minimum atomic E-state index is -4.00. The van der Waals surface area contributed by atoms with E-state index in [1.807, 2.05) is 6.92 Å². The molecule has 1 atom stereocenters. The molecule has 1 unspecified atom stereocenters. The molecular weight excluding hydrogens is 531 g/mol. The lowest BCUT2D eigenvalue weighted by molar-refractivity contribution is 0.0743. The summed E-state index contributed by atoms with van der Waals surface area (Å²) >= 11 is 4.60. The van der Waals surface area contributed by atoms with Crippen molar-refractivity contribution in [2.45, 2.75) is 13.0 Å². The Labute approximate surface area is 204 Å². The first kappa shape index (κ1) is 23.4. The Balaban J connectivity index is 1.64. The van der Waals surface area contributed by atoms with Crippen molar-refractivity contribution in [3.05, 3.63) is 99.0 Å². The smallest absolute Gasteiger partial charge is 0.264 e. The molecule has 33 heavy (non-hydrogen) atoms. The van der Waals surface area contributed by atoms with Crippen LogP contribution in [0.5, 0.6) is 0 Å². The van der Waals surface area contributed by atoms with Gasteiger partial charge in [-0.25, -0.2) is 12.8 Å². The average molecular weight is 551 g/mol. The van der Waals surface area contributed by atoms with Gasteiger partial charge in [0.25, 0.3) is 15.9 Å². The van der Waals surface area contributed by atoms with E-state index in [0.29, 0.717) is 10.2 Å². The number of carbonyl (C=O) groups excluding carboxylic acids is 1. The molecule has 2 heterocycles. The van der Waals surface area contributed by atoms with Crippen molar-refractivity contribution < 1.29 is 17.6 Å². The highest BCUT2D eigenvalue weighted by Crippen LogP contribution is 2.35. The number of hydrogen-bond acceptors (Lipinski definition) is 6. The van der Waals surface area contributed by atoms with Gasteiger partial charge >= 0.3 is 0 Å². The zero-order valence-corrected chi connectivity index (χ0v) is 20.8. The zero-order valence-electron chi connectivity index (χ0n) is 17.6. The van der Waals surface area contributed by atoms with Gasteiger partial charge in [0, 0.05) is 23.9 Å². The fourth-order valence-corrected chi connectivity index (χ4v) is 5.72. The van der Waals surface area contributed by atoms with Crippen LogP contribution in [0.15, 0.2) is 82.1 Å². The predicted molar refractivity (Wildman–Crippen MR) is 131 cm³/mol. The van der Waals surface area contributed by atoms with Crippen molar-refractivity contribution in [3.63, 3.8) is 0 Å². The van der Waals surface area contributed by atoms with Crippen molar-refractivity contribution in [1.29, 1.82) is 0 Å². The molecule has 0 fully saturated rings. The van der Waals surface area contributed by atoms with Crippen molar-refractivity contribution in [2.75, 3.05) is 11.8 Å². The van der Waals surface area contributed by atoms with E-state index in [4.69, 9.17) is 0 Å². The van der Waals surface area contributed by atoms with Crippen LogP contribution in [0, 0.1) is 5.82 Å². The fraction of sp³-hybridized carbons (Fsp3) is 0.136. The molecule has 0 spiro atoms. The normalized spacial score (nSPS) is 15.8. The maximum absolute atomic E-state index is 13.3. The predicted octanol–water partition coefficient (Wildman–Crippen LogP) is 4.88. The molecule has 2 aromatic rings. The molecule has 2 aliphatic heterocycles. The topological polar surface area (TPSA) is 81.8 Å². The molecule has 0 saturated carbocycles. The molecule has 0 bridgehead atoms. The van der Waals surface area contributed by atoms with E-state index < -0.39 is 10.0 Å². The molecule has 0 aliphatic carbocycles. The third kappa shape index (κ3) is 4.80. The Bertz CT molecular complexity index is 1290. The van der Waals surface area contributed by atoms with E-state index in [2.05, 4.69) is 25.4 Å². The highest BCUT2D eigenvalue weighted by atomic mass is 79.9. The van der Waals surface area contributed by atoms with Gasteiger partial charge in [-0.2, -0.15) is 0 Å². The Kier molecular flexibility index (Phi) is 6.55. The van der Waals surface area contributed by atoms with Crippen molar-refractivity contribution in [2.24, 2.45) is 0 Å². The lowest BCUT2D eigenvalue weighted by Gasteiger charge is -2.27. The van der Waals surface area contributed by atoms with Crippen LogP contribution in [0.2, 0.25) is 0 Å². The maximum atomic E-state index is 13.3. The summed E-state index contributed by atoms with van der Waals surface area (Å²) in [7, 11) is -2.38. The van der Waals surface area contributed by atoms with Gasteiger partial charge in [-0.15, -0.1) is 0 Å². The Morgan fingerprint density at radius 2 is 1.97 bits per heavy atom. The van der Waals surface area contributed by atoms with Gasteiger partial charge in [0.1, 0.15) is 10.7 Å². The first-order valence-electron chi connectivity index (χ1n) is 9.83. The van der Waals surface area contributed by atoms with Crippen LogP contribution >= 0.6 is 28.1 Å². The van der Waals surface area contributed by atoms with E-state index in [0.717, 1.165) is 5.56 Å². The first-order chi connectivity index (χ1) is 15.7. The summed E-state index contributed by atoms with van der Waals surface area (Å²) in [6, 6.07) is 10.3. The van der Waals surface area contributed by atoms with E-state index in [-0.39, 0.29) is 33.9 Å². The van der Waals surface area contributed by atoms with Crippen LogP contribution in [0.25, 0.3) is 0 Å². The number of amides is 1. The summed E-state index contributed by atoms with van der Waals surface area (Å²) in [6.07, 6.45) is 6.48. The van der Waals surface area contributed by atoms with Crippen LogP contribution in [0.4, 0.5) is 10.1 Å². The number of benzene rings is 2. The molecule has 7 nitrogen and oxygen atoms in total. The minimum absolute atomic E-state index is 0.0777. The largest absolute Gasteiger partial charge is 0.335 e. The Morgan fingerprint density at radius 1 is 1.24 bits per heavy atom. The summed E-state index contributed by atoms with van der Waals surface area (Å²) in [5.74, 6) is -0.741. The van der Waals surface area contributed by atoms with Crippen molar-refractivity contribution in [1.82, 2.24) is 13.9 Å². The molecule has 11 heteroatoms. The molecule has 2 aromatic carbocycles. The number of halogens is 2. The first-order valence-corrected chi connectivity index (χ1v) is 12.9. The number of nitrogens with zero attached hydrogens (tertiary/aromatic N) is 2. The molecule has 0 radical (unpaired) electrons. The third-order valence-electron chi connectivity index (χ3n) is 5.31. The van der Waals surface area contributed by atoms with Crippen LogP contribution in [0.3, 0.4) is 0 Å². The highest BCUT2D eigenvalue weighted by Gasteiger charge is 2.31. The molecule has 2 aliphatic rings. The number of carbonyl (C=O) groups is 1. The van der Waals surface area contributed by atoms with E-state index in [1.165, 1.54) is 35.2 Å². The lowest BCUT2D eigenvalue weighted by atomic mass is 10.1. The summed E-state index contributed by atoms with van der Waals surface area (Å²) < 4.78 is 47.6. The van der Waals surface area contributed by atoms with Crippen molar-refractivity contribution in [3.8, 4) is 0 Å². The number of nitrogens with one attached hydrogen (secondary N) is 2. The molecular formula is C22H20BrFN4O3S2. The van der Waals surface area contributed by atoms with E-state index in [9.17, 15) is 17.6 Å². The zero-order chi connectivity index (χ0) is 23.8. The maximum Gasteiger partial charge on any atom is 0.264 e. The number of rotatable bonds is 6. The molecule has 0 saturated heterocycles. The van der Waals surface area contributed by atoms with Gasteiger partial charge in [-0.3, -0.25) is 13.8 Å². The number of fused-ring (bicyclic) bond motifs is 1. The van der Waals surface area contributed by atoms with Crippen LogP contribution in [-0.2, 0) is 10.0 Å². The lowest BCUT2D eigenvalue weighted by Crippen LogP contribution is -2.31. The summed E-state index contributed by atoms with van der Waals surface area (Å²) in [5.41, 5.74) is 1.58. The number of anilines is 1. The summed E-state index contributed by atoms with van der Waals surface area (Å²) in [4.78, 5) is 14.9. The number of allylic oxidation sites excluding steroid dienone is 2. The Morgan fingerprint density at radius 3 is 2.70 bits per heavy atom. The van der Waals surface area contributed by atoms with Gasteiger partial charge in [0.05, 0.1) is 35.1 Å². The fourth-order valence-electron chi connectivity index (χ4n) is 3.38. The third-order valence-corrected chi connectivity index (χ3v) is 7.95. The Hall–Kier alpha value is -2.76. The molecule has 2 N–H and O–H groups in total. The standard InChI is InChI=1S/C22H20BrFN4O3S2/c1-14(15-5-8-17(24)9-6-15)27(2)22(29)18-10-7-16(23)12-19(18)26-33(30,31)21-4-3-11-28-20(21)13-25-32-28/h3-14,25-26H,1-2H3. The van der Waals surface area contributed by atoms with E-state index >= 15 is 0 Å². The molecule has 1 amide bonds. The summed E-state index contributed by atoms with van der Waals surface area (Å²) in [5, 5.41) is 0. The van der Waals surface area contributed by atoms with Crippen molar-refractivity contribution >= 4 is 49.7 Å². The number of sulfonamides is 1. The second-order valence-electron chi connectivity index (χ2n) is 7.38. The second kappa shape index (κ2) is 9.24. The second-order valence-corrected chi connectivity index (χ2v) is 10.8. The quantitative estimate of drug-likeness (QED) is 0.498. The van der Waals surface area contributed by atoms with Crippen LogP contribution in [-0.4, -0.2) is 30.6 Å². The minimum Gasteiger partial charge on any atom is -0.335 e.